The fourth-order valence-electron chi connectivity index (χ4n) is 1.67. The minimum Gasteiger partial charge on any atom is -0.454 e. The van der Waals surface area contributed by atoms with Gasteiger partial charge in [-0.15, -0.1) is 0 Å². The standard InChI is InChI=1S/C13H13ClN2O3S/c1-8-5-6-9(14)11(7-8)19-10-3-2-4-12(13(10)15)20(16,17)18/h2-7H,15H2,1H3,(H2,16,17,18). The topological polar surface area (TPSA) is 95.4 Å². The summed E-state index contributed by atoms with van der Waals surface area (Å²) in [5, 5.41) is 5.48. The van der Waals surface area contributed by atoms with Crippen molar-refractivity contribution in [3.8, 4) is 11.5 Å². The Morgan fingerprint density at radius 1 is 1.15 bits per heavy atom. The molecule has 0 atom stereocenters. The van der Waals surface area contributed by atoms with Crippen molar-refractivity contribution in [1.82, 2.24) is 0 Å². The highest BCUT2D eigenvalue weighted by Gasteiger charge is 2.16. The summed E-state index contributed by atoms with van der Waals surface area (Å²) in [5.74, 6) is 0.578. The van der Waals surface area contributed by atoms with Crippen LogP contribution in [0.4, 0.5) is 5.69 Å². The van der Waals surface area contributed by atoms with E-state index in [1.165, 1.54) is 12.1 Å². The molecule has 0 aliphatic carbocycles. The van der Waals surface area contributed by atoms with Gasteiger partial charge in [-0.05, 0) is 36.8 Å². The molecule has 0 saturated heterocycles. The summed E-state index contributed by atoms with van der Waals surface area (Å²) < 4.78 is 28.4. The molecule has 0 unspecified atom stereocenters. The summed E-state index contributed by atoms with van der Waals surface area (Å²) in [6.07, 6.45) is 0. The van der Waals surface area contributed by atoms with Gasteiger partial charge in [0.25, 0.3) is 0 Å². The monoisotopic (exact) mass is 312 g/mol. The van der Waals surface area contributed by atoms with Crippen LogP contribution in [0.15, 0.2) is 41.3 Å². The van der Waals surface area contributed by atoms with Crippen molar-refractivity contribution in [2.24, 2.45) is 5.14 Å². The smallest absolute Gasteiger partial charge is 0.240 e. The molecule has 7 heteroatoms. The van der Waals surface area contributed by atoms with E-state index in [2.05, 4.69) is 0 Å². The van der Waals surface area contributed by atoms with Gasteiger partial charge in [0.2, 0.25) is 10.0 Å². The first-order valence-corrected chi connectivity index (χ1v) is 7.57. The Morgan fingerprint density at radius 2 is 1.85 bits per heavy atom. The van der Waals surface area contributed by atoms with E-state index in [0.717, 1.165) is 5.56 Å². The number of primary sulfonamides is 1. The predicted octanol–water partition coefficient (Wildman–Crippen LogP) is 2.67. The van der Waals surface area contributed by atoms with Gasteiger partial charge in [0.15, 0.2) is 5.75 Å². The first kappa shape index (κ1) is 14.6. The molecular formula is C13H13ClN2O3S. The van der Waals surface area contributed by atoms with E-state index in [1.54, 1.807) is 18.2 Å². The molecule has 5 nitrogen and oxygen atoms in total. The Kier molecular flexibility index (Phi) is 3.89. The molecule has 0 heterocycles. The zero-order chi connectivity index (χ0) is 14.9. The van der Waals surface area contributed by atoms with Gasteiger partial charge in [0.05, 0.1) is 10.7 Å². The number of ether oxygens (including phenoxy) is 1. The third-order valence-electron chi connectivity index (χ3n) is 2.64. The second kappa shape index (κ2) is 5.32. The third kappa shape index (κ3) is 3.04. The minimum absolute atomic E-state index is 0.0485. The Bertz CT molecular complexity index is 760. The van der Waals surface area contributed by atoms with Crippen molar-refractivity contribution >= 4 is 27.3 Å². The molecule has 2 aromatic rings. The maximum Gasteiger partial charge on any atom is 0.240 e. The molecule has 0 radical (unpaired) electrons. The van der Waals surface area contributed by atoms with Crippen LogP contribution in [0.1, 0.15) is 5.56 Å². The number of anilines is 1. The largest absolute Gasteiger partial charge is 0.454 e. The van der Waals surface area contributed by atoms with Crippen molar-refractivity contribution in [1.29, 1.82) is 0 Å². The molecule has 0 aromatic heterocycles. The number of halogens is 1. The van der Waals surface area contributed by atoms with E-state index in [4.69, 9.17) is 27.2 Å². The van der Waals surface area contributed by atoms with E-state index in [1.807, 2.05) is 13.0 Å². The van der Waals surface area contributed by atoms with Crippen molar-refractivity contribution in [2.45, 2.75) is 11.8 Å². The maximum absolute atomic E-state index is 11.4. The minimum atomic E-state index is -3.90. The Balaban J connectivity index is 2.47. The molecular weight excluding hydrogens is 300 g/mol. The highest BCUT2D eigenvalue weighted by molar-refractivity contribution is 7.89. The summed E-state index contributed by atoms with van der Waals surface area (Å²) >= 11 is 6.02. The normalized spacial score (nSPS) is 11.3. The molecule has 0 fully saturated rings. The number of nitrogen functional groups attached to an aromatic ring is 1. The predicted molar refractivity (Wildman–Crippen MR) is 78.5 cm³/mol. The van der Waals surface area contributed by atoms with E-state index in [0.29, 0.717) is 10.8 Å². The van der Waals surface area contributed by atoms with Gasteiger partial charge < -0.3 is 10.5 Å². The summed E-state index contributed by atoms with van der Waals surface area (Å²) in [6.45, 7) is 1.88. The maximum atomic E-state index is 11.4. The Hall–Kier alpha value is -1.76. The Morgan fingerprint density at radius 3 is 2.50 bits per heavy atom. The van der Waals surface area contributed by atoms with Crippen molar-refractivity contribution < 1.29 is 13.2 Å². The van der Waals surface area contributed by atoms with Crippen LogP contribution in [0.25, 0.3) is 0 Å². The van der Waals surface area contributed by atoms with Gasteiger partial charge in [-0.25, -0.2) is 13.6 Å². The first-order chi connectivity index (χ1) is 9.29. The van der Waals surface area contributed by atoms with E-state index < -0.39 is 10.0 Å². The van der Waals surface area contributed by atoms with Crippen LogP contribution in [-0.4, -0.2) is 8.42 Å². The summed E-state index contributed by atoms with van der Waals surface area (Å²) in [6, 6.07) is 9.60. The molecule has 20 heavy (non-hydrogen) atoms. The molecule has 4 N–H and O–H groups in total. The van der Waals surface area contributed by atoms with E-state index in [-0.39, 0.29) is 16.3 Å². The zero-order valence-corrected chi connectivity index (χ0v) is 12.2. The van der Waals surface area contributed by atoms with Gasteiger partial charge in [0.1, 0.15) is 10.6 Å². The molecule has 2 rings (SSSR count). The van der Waals surface area contributed by atoms with Crippen LogP contribution in [-0.2, 0) is 10.0 Å². The molecule has 0 spiro atoms. The van der Waals surface area contributed by atoms with E-state index in [9.17, 15) is 8.42 Å². The van der Waals surface area contributed by atoms with Gasteiger partial charge in [-0.1, -0.05) is 23.7 Å². The quantitative estimate of drug-likeness (QED) is 0.852. The molecule has 0 aliphatic rings. The molecule has 0 saturated carbocycles. The number of benzene rings is 2. The highest BCUT2D eigenvalue weighted by atomic mass is 35.5. The summed E-state index contributed by atoms with van der Waals surface area (Å²) in [4.78, 5) is -0.182. The number of aryl methyl sites for hydroxylation is 1. The second-order valence-electron chi connectivity index (χ2n) is 4.25. The number of hydrogen-bond acceptors (Lipinski definition) is 4. The highest BCUT2D eigenvalue weighted by Crippen LogP contribution is 2.35. The summed E-state index contributed by atoms with van der Waals surface area (Å²) in [7, 11) is -3.90. The van der Waals surface area contributed by atoms with Crippen LogP contribution in [0.3, 0.4) is 0 Å². The SMILES string of the molecule is Cc1ccc(Cl)c(Oc2cccc(S(N)(=O)=O)c2N)c1. The Labute approximate surface area is 122 Å². The number of para-hydroxylation sites is 1. The van der Waals surface area contributed by atoms with Crippen LogP contribution in [0, 0.1) is 6.92 Å². The van der Waals surface area contributed by atoms with Gasteiger partial charge in [0, 0.05) is 0 Å². The molecule has 0 amide bonds. The van der Waals surface area contributed by atoms with Crippen LogP contribution in [0.5, 0.6) is 11.5 Å². The average molecular weight is 313 g/mol. The van der Waals surface area contributed by atoms with Crippen molar-refractivity contribution in [2.75, 3.05) is 5.73 Å². The third-order valence-corrected chi connectivity index (χ3v) is 3.92. The van der Waals surface area contributed by atoms with Crippen molar-refractivity contribution in [3.05, 3.63) is 47.0 Å². The molecule has 106 valence electrons. The lowest BCUT2D eigenvalue weighted by Gasteiger charge is -2.12. The molecule has 2 aromatic carbocycles. The number of hydrogen-bond donors (Lipinski definition) is 2. The lowest BCUT2D eigenvalue weighted by Crippen LogP contribution is -2.14. The summed E-state index contributed by atoms with van der Waals surface area (Å²) in [5.41, 5.74) is 6.68. The van der Waals surface area contributed by atoms with Crippen molar-refractivity contribution in [3.63, 3.8) is 0 Å². The second-order valence-corrected chi connectivity index (χ2v) is 6.19. The van der Waals surface area contributed by atoms with Gasteiger partial charge >= 0.3 is 0 Å². The fourth-order valence-corrected chi connectivity index (χ4v) is 2.50. The number of rotatable bonds is 3. The van der Waals surface area contributed by atoms with Gasteiger partial charge in [-0.3, -0.25) is 0 Å². The average Bonchev–Trinajstić information content (AvgIpc) is 2.35. The van der Waals surface area contributed by atoms with Crippen LogP contribution >= 0.6 is 11.6 Å². The number of sulfonamides is 1. The fraction of sp³-hybridized carbons (Fsp3) is 0.0769. The van der Waals surface area contributed by atoms with E-state index >= 15 is 0 Å². The molecule has 0 bridgehead atoms. The van der Waals surface area contributed by atoms with Gasteiger partial charge in [-0.2, -0.15) is 0 Å². The zero-order valence-electron chi connectivity index (χ0n) is 10.6. The van der Waals surface area contributed by atoms with Crippen LogP contribution < -0.4 is 15.6 Å². The first-order valence-electron chi connectivity index (χ1n) is 5.64. The van der Waals surface area contributed by atoms with Crippen LogP contribution in [0.2, 0.25) is 5.02 Å². The number of nitrogens with two attached hydrogens (primary N) is 2. The lowest BCUT2D eigenvalue weighted by molar-refractivity contribution is 0.483. The lowest BCUT2D eigenvalue weighted by atomic mass is 10.2. The molecule has 0 aliphatic heterocycles.